The van der Waals surface area contributed by atoms with Crippen LogP contribution in [0.15, 0.2) is 57.7 Å². The van der Waals surface area contributed by atoms with Gasteiger partial charge in [-0.3, -0.25) is 4.79 Å². The van der Waals surface area contributed by atoms with Gasteiger partial charge >= 0.3 is 5.63 Å². The van der Waals surface area contributed by atoms with Crippen LogP contribution in [-0.4, -0.2) is 13.0 Å². The first-order valence-electron chi connectivity index (χ1n) is 8.02. The highest BCUT2D eigenvalue weighted by molar-refractivity contribution is 6.06. The van der Waals surface area contributed by atoms with Gasteiger partial charge in [0.2, 0.25) is 0 Å². The fraction of sp³-hybridized carbons (Fsp3) is 0.200. The average Bonchev–Trinajstić information content (AvgIpc) is 2.60. The van der Waals surface area contributed by atoms with Crippen molar-refractivity contribution in [1.82, 2.24) is 0 Å². The van der Waals surface area contributed by atoms with Crippen molar-refractivity contribution in [1.29, 1.82) is 0 Å². The van der Waals surface area contributed by atoms with Gasteiger partial charge in [0.05, 0.1) is 7.11 Å². The van der Waals surface area contributed by atoms with Gasteiger partial charge in [0.25, 0.3) is 5.91 Å². The van der Waals surface area contributed by atoms with Crippen LogP contribution in [0.4, 0.5) is 5.69 Å². The molecule has 0 bridgehead atoms. The summed E-state index contributed by atoms with van der Waals surface area (Å²) in [5.74, 6) is 0.201. The highest BCUT2D eigenvalue weighted by Crippen LogP contribution is 2.26. The van der Waals surface area contributed by atoms with Gasteiger partial charge in [0.1, 0.15) is 5.56 Å². The van der Waals surface area contributed by atoms with Crippen LogP contribution in [-0.2, 0) is 0 Å². The minimum Gasteiger partial charge on any atom is -0.493 e. The Bertz CT molecular complexity index is 988. The molecule has 1 aromatic heterocycles. The molecule has 0 fully saturated rings. The molecule has 0 aliphatic carbocycles. The number of amides is 1. The molecule has 0 spiro atoms. The van der Waals surface area contributed by atoms with E-state index in [1.807, 2.05) is 38.1 Å². The summed E-state index contributed by atoms with van der Waals surface area (Å²) >= 11 is 0. The van der Waals surface area contributed by atoms with Crippen LogP contribution >= 0.6 is 0 Å². The van der Waals surface area contributed by atoms with Crippen LogP contribution in [0.3, 0.4) is 0 Å². The lowest BCUT2D eigenvalue weighted by Crippen LogP contribution is -2.21. The number of rotatable bonds is 4. The van der Waals surface area contributed by atoms with Crippen LogP contribution in [0, 0.1) is 0 Å². The summed E-state index contributed by atoms with van der Waals surface area (Å²) in [5, 5.41) is 3.44. The van der Waals surface area contributed by atoms with Gasteiger partial charge in [-0.05, 0) is 29.7 Å². The van der Waals surface area contributed by atoms with Crippen molar-refractivity contribution < 1.29 is 13.9 Å². The monoisotopic (exact) mass is 337 g/mol. The van der Waals surface area contributed by atoms with E-state index >= 15 is 0 Å². The van der Waals surface area contributed by atoms with E-state index in [4.69, 9.17) is 9.15 Å². The number of fused-ring (bicyclic) bond motifs is 1. The number of hydrogen-bond acceptors (Lipinski definition) is 4. The second-order valence-electron chi connectivity index (χ2n) is 6.02. The van der Waals surface area contributed by atoms with Crippen molar-refractivity contribution in [3.8, 4) is 5.75 Å². The second kappa shape index (κ2) is 6.81. The maximum atomic E-state index is 12.6. The zero-order chi connectivity index (χ0) is 18.0. The lowest BCUT2D eigenvalue weighted by Gasteiger charge is -2.13. The maximum Gasteiger partial charge on any atom is 0.349 e. The Labute approximate surface area is 145 Å². The summed E-state index contributed by atoms with van der Waals surface area (Å²) in [6, 6.07) is 14.3. The van der Waals surface area contributed by atoms with Crippen molar-refractivity contribution in [3.63, 3.8) is 0 Å². The molecule has 128 valence electrons. The third-order valence-corrected chi connectivity index (χ3v) is 4.02. The number of benzene rings is 2. The van der Waals surface area contributed by atoms with E-state index in [0.717, 1.165) is 5.56 Å². The summed E-state index contributed by atoms with van der Waals surface area (Å²) in [6.45, 7) is 4.09. The molecule has 0 radical (unpaired) electrons. The van der Waals surface area contributed by atoms with E-state index in [-0.39, 0.29) is 11.5 Å². The number of nitrogens with one attached hydrogen (secondary N) is 1. The van der Waals surface area contributed by atoms with E-state index in [1.54, 1.807) is 18.2 Å². The molecule has 3 aromatic rings. The first-order valence-corrected chi connectivity index (χ1v) is 8.02. The molecule has 1 N–H and O–H groups in total. The van der Waals surface area contributed by atoms with Crippen LogP contribution < -0.4 is 15.7 Å². The Kier molecular flexibility index (Phi) is 4.57. The maximum absolute atomic E-state index is 12.6. The van der Waals surface area contributed by atoms with Crippen molar-refractivity contribution in [2.24, 2.45) is 0 Å². The number of para-hydroxylation sites is 2. The number of ether oxygens (including phenoxy) is 1. The van der Waals surface area contributed by atoms with Gasteiger partial charge in [0.15, 0.2) is 11.3 Å². The lowest BCUT2D eigenvalue weighted by molar-refractivity contribution is 0.102. The number of anilines is 1. The van der Waals surface area contributed by atoms with Crippen LogP contribution in [0.2, 0.25) is 0 Å². The highest BCUT2D eigenvalue weighted by Gasteiger charge is 2.17. The fourth-order valence-corrected chi connectivity index (χ4v) is 2.74. The molecule has 25 heavy (non-hydrogen) atoms. The molecule has 0 unspecified atom stereocenters. The largest absolute Gasteiger partial charge is 0.493 e. The SMILES string of the molecule is COc1cccc2cc(C(=O)Nc3ccccc3C(C)C)c(=O)oc12. The molecule has 2 aromatic carbocycles. The van der Waals surface area contributed by atoms with Crippen molar-refractivity contribution >= 4 is 22.6 Å². The summed E-state index contributed by atoms with van der Waals surface area (Å²) in [5.41, 5.74) is 1.28. The van der Waals surface area contributed by atoms with Crippen LogP contribution in [0.25, 0.3) is 11.0 Å². The molecule has 0 saturated heterocycles. The minimum absolute atomic E-state index is 0.0423. The second-order valence-corrected chi connectivity index (χ2v) is 6.02. The van der Waals surface area contributed by atoms with Crippen LogP contribution in [0.1, 0.15) is 35.7 Å². The normalized spacial score (nSPS) is 10.9. The quantitative estimate of drug-likeness (QED) is 0.725. The minimum atomic E-state index is -0.698. The van der Waals surface area contributed by atoms with Gasteiger partial charge in [-0.2, -0.15) is 0 Å². The molecule has 0 atom stereocenters. The van der Waals surface area contributed by atoms with Crippen molar-refractivity contribution in [2.45, 2.75) is 19.8 Å². The number of methoxy groups -OCH3 is 1. The summed E-state index contributed by atoms with van der Waals surface area (Å²) in [4.78, 5) is 24.9. The van der Waals surface area contributed by atoms with E-state index in [1.165, 1.54) is 13.2 Å². The van der Waals surface area contributed by atoms with Gasteiger partial charge in [0, 0.05) is 11.1 Å². The number of carbonyl (C=O) groups excluding carboxylic acids is 1. The topological polar surface area (TPSA) is 68.5 Å². The highest BCUT2D eigenvalue weighted by atomic mass is 16.5. The first kappa shape index (κ1) is 16.8. The Morgan fingerprint density at radius 3 is 2.60 bits per heavy atom. The zero-order valence-corrected chi connectivity index (χ0v) is 14.3. The zero-order valence-electron chi connectivity index (χ0n) is 14.3. The molecule has 0 aliphatic rings. The molecular formula is C20H19NO4. The van der Waals surface area contributed by atoms with Crippen molar-refractivity contribution in [3.05, 3.63) is 70.1 Å². The Hall–Kier alpha value is -3.08. The molecule has 1 amide bonds. The van der Waals surface area contributed by atoms with Crippen LogP contribution in [0.5, 0.6) is 5.75 Å². The third-order valence-electron chi connectivity index (χ3n) is 4.02. The lowest BCUT2D eigenvalue weighted by atomic mass is 10.0. The van der Waals surface area contributed by atoms with E-state index in [2.05, 4.69) is 5.32 Å². The van der Waals surface area contributed by atoms with E-state index < -0.39 is 11.5 Å². The Balaban J connectivity index is 2.01. The number of carbonyl (C=O) groups is 1. The molecule has 5 nitrogen and oxygen atoms in total. The van der Waals surface area contributed by atoms with Gasteiger partial charge in [-0.15, -0.1) is 0 Å². The fourth-order valence-electron chi connectivity index (χ4n) is 2.74. The third kappa shape index (κ3) is 3.26. The van der Waals surface area contributed by atoms with Gasteiger partial charge < -0.3 is 14.5 Å². The van der Waals surface area contributed by atoms with Crippen molar-refractivity contribution in [2.75, 3.05) is 12.4 Å². The molecule has 0 aliphatic heterocycles. The Morgan fingerprint density at radius 1 is 1.12 bits per heavy atom. The summed E-state index contributed by atoms with van der Waals surface area (Å²) in [7, 11) is 1.50. The smallest absolute Gasteiger partial charge is 0.349 e. The Morgan fingerprint density at radius 2 is 1.88 bits per heavy atom. The molecule has 5 heteroatoms. The molecule has 3 rings (SSSR count). The molecular weight excluding hydrogens is 318 g/mol. The average molecular weight is 337 g/mol. The predicted octanol–water partition coefficient (Wildman–Crippen LogP) is 4.18. The van der Waals surface area contributed by atoms with Gasteiger partial charge in [-0.1, -0.05) is 44.2 Å². The predicted molar refractivity (Wildman–Crippen MR) is 97.5 cm³/mol. The van der Waals surface area contributed by atoms with Gasteiger partial charge in [-0.25, -0.2) is 4.79 Å². The van der Waals surface area contributed by atoms with E-state index in [0.29, 0.717) is 22.4 Å². The van der Waals surface area contributed by atoms with E-state index in [9.17, 15) is 9.59 Å². The molecule has 1 heterocycles. The first-order chi connectivity index (χ1) is 12.0. The summed E-state index contributed by atoms with van der Waals surface area (Å²) in [6.07, 6.45) is 0. The standard InChI is InChI=1S/C20H19NO4/c1-12(2)14-8-4-5-9-16(14)21-19(22)15-11-13-7-6-10-17(24-3)18(13)25-20(15)23/h4-12H,1-3H3,(H,21,22). The number of hydrogen-bond donors (Lipinski definition) is 1. The molecule has 0 saturated carbocycles. The summed E-state index contributed by atoms with van der Waals surface area (Å²) < 4.78 is 10.5.